The summed E-state index contributed by atoms with van der Waals surface area (Å²) in [6, 6.07) is 26.6. The Balaban J connectivity index is 1.23. The molecule has 0 aliphatic rings. The first-order valence-electron chi connectivity index (χ1n) is 11.4. The highest BCUT2D eigenvalue weighted by molar-refractivity contribution is 6.30. The molecule has 0 aliphatic carbocycles. The Bertz CT molecular complexity index is 1570. The van der Waals surface area contributed by atoms with E-state index in [0.717, 1.165) is 28.3 Å². The number of fused-ring (bicyclic) bond motifs is 1. The molecule has 5 rings (SSSR count). The first-order chi connectivity index (χ1) is 17.5. The van der Waals surface area contributed by atoms with E-state index in [1.54, 1.807) is 6.07 Å². The number of aromatic nitrogens is 4. The molecule has 0 saturated heterocycles. The molecular weight excluding hydrogens is 476 g/mol. The Hall–Kier alpha value is -4.41. The molecule has 0 radical (unpaired) electrons. The van der Waals surface area contributed by atoms with Crippen molar-refractivity contribution in [2.24, 2.45) is 0 Å². The number of halogens is 1. The van der Waals surface area contributed by atoms with Gasteiger partial charge in [-0.2, -0.15) is 10.2 Å². The number of carbonyl (C=O) groups excluding carboxylic acids is 1. The monoisotopic (exact) mass is 496 g/mol. The van der Waals surface area contributed by atoms with Gasteiger partial charge in [-0.25, -0.2) is 9.89 Å². The number of rotatable bonds is 8. The number of hydrogen-bond donors (Lipinski definition) is 2. The quantitative estimate of drug-likeness (QED) is 0.303. The van der Waals surface area contributed by atoms with Crippen LogP contribution in [0.2, 0.25) is 5.02 Å². The molecule has 5 aromatic rings. The van der Waals surface area contributed by atoms with Crippen molar-refractivity contribution in [1.29, 1.82) is 0 Å². The summed E-state index contributed by atoms with van der Waals surface area (Å²) in [5.41, 5.74) is 3.16. The van der Waals surface area contributed by atoms with E-state index < -0.39 is 11.5 Å². The number of hydrogen-bond acceptors (Lipinski definition) is 5. The zero-order valence-electron chi connectivity index (χ0n) is 19.2. The van der Waals surface area contributed by atoms with E-state index in [-0.39, 0.29) is 11.4 Å². The molecule has 7 nitrogen and oxygen atoms in total. The largest absolute Gasteiger partial charge is 0.416 e. The fourth-order valence-electron chi connectivity index (χ4n) is 3.95. The summed E-state index contributed by atoms with van der Waals surface area (Å²) in [7, 11) is 0. The van der Waals surface area contributed by atoms with Gasteiger partial charge in [-0.1, -0.05) is 48.0 Å². The lowest BCUT2D eigenvalue weighted by Gasteiger charge is -2.06. The Morgan fingerprint density at radius 3 is 2.56 bits per heavy atom. The highest BCUT2D eigenvalue weighted by Crippen LogP contribution is 2.19. The molecule has 0 unspecified atom stereocenters. The molecule has 0 amide bonds. The minimum absolute atomic E-state index is 0.108. The van der Waals surface area contributed by atoms with Gasteiger partial charge in [0, 0.05) is 16.5 Å². The van der Waals surface area contributed by atoms with E-state index in [2.05, 4.69) is 32.5 Å². The van der Waals surface area contributed by atoms with Crippen molar-refractivity contribution in [3.05, 3.63) is 122 Å². The second-order valence-electron chi connectivity index (χ2n) is 8.32. The molecular formula is C28H21ClN4O3. The first-order valence-corrected chi connectivity index (χ1v) is 11.8. The average Bonchev–Trinajstić information content (AvgIpc) is 3.38. The highest BCUT2D eigenvalue weighted by Gasteiger charge is 2.16. The normalized spacial score (nSPS) is 10.8. The van der Waals surface area contributed by atoms with Crippen LogP contribution in [0.1, 0.15) is 33.0 Å². The molecule has 2 aromatic heterocycles. The average molecular weight is 497 g/mol. The van der Waals surface area contributed by atoms with E-state index in [4.69, 9.17) is 16.3 Å². The summed E-state index contributed by atoms with van der Waals surface area (Å²) < 4.78 is 5.37. The maximum Gasteiger partial charge on any atom is 0.361 e. The lowest BCUT2D eigenvalue weighted by atomic mass is 10.0. The lowest BCUT2D eigenvalue weighted by Crippen LogP contribution is -2.19. The van der Waals surface area contributed by atoms with Gasteiger partial charge in [0.05, 0.1) is 11.4 Å². The summed E-state index contributed by atoms with van der Waals surface area (Å²) >= 11 is 5.92. The molecule has 0 atom stereocenters. The minimum atomic E-state index is -0.691. The van der Waals surface area contributed by atoms with Crippen molar-refractivity contribution in [2.75, 3.05) is 0 Å². The maximum absolute atomic E-state index is 12.6. The van der Waals surface area contributed by atoms with Gasteiger partial charge < -0.3 is 4.74 Å². The molecule has 0 aliphatic heterocycles. The Kier molecular flexibility index (Phi) is 6.78. The predicted molar refractivity (Wildman–Crippen MR) is 136 cm³/mol. The topological polar surface area (TPSA) is 101 Å². The van der Waals surface area contributed by atoms with Crippen molar-refractivity contribution in [1.82, 2.24) is 20.4 Å². The number of nitrogens with zero attached hydrogens (tertiary/aromatic N) is 2. The third-order valence-corrected chi connectivity index (χ3v) is 6.10. The number of aryl methyl sites for hydroxylation is 4. The van der Waals surface area contributed by atoms with Crippen LogP contribution in [0.3, 0.4) is 0 Å². The molecule has 3 aromatic carbocycles. The summed E-state index contributed by atoms with van der Waals surface area (Å²) in [4.78, 5) is 24.9. The summed E-state index contributed by atoms with van der Waals surface area (Å²) in [5.74, 6) is -0.799. The van der Waals surface area contributed by atoms with Gasteiger partial charge in [0.2, 0.25) is 0 Å². The van der Waals surface area contributed by atoms with E-state index in [9.17, 15) is 9.59 Å². The summed E-state index contributed by atoms with van der Waals surface area (Å²) in [5, 5.41) is 16.2. The lowest BCUT2D eigenvalue weighted by molar-refractivity contribution is 0.0725. The zero-order chi connectivity index (χ0) is 24.9. The molecule has 2 heterocycles. The number of benzene rings is 2. The van der Waals surface area contributed by atoms with Crippen molar-refractivity contribution in [2.45, 2.75) is 25.7 Å². The van der Waals surface area contributed by atoms with Gasteiger partial charge in [-0.05, 0) is 78.6 Å². The number of ether oxygens (including phenoxy) is 1. The molecule has 0 fully saturated rings. The smallest absolute Gasteiger partial charge is 0.361 e. The fourth-order valence-corrected chi connectivity index (χ4v) is 4.07. The maximum atomic E-state index is 12.6. The number of aromatic amines is 2. The van der Waals surface area contributed by atoms with Gasteiger partial charge >= 0.3 is 11.5 Å². The Labute approximate surface area is 212 Å². The van der Waals surface area contributed by atoms with Crippen molar-refractivity contribution < 1.29 is 9.53 Å². The van der Waals surface area contributed by atoms with Crippen LogP contribution >= 0.6 is 11.6 Å². The SMILES string of the molecule is O=C(Oc1cc(CCc2cccc3c#cccc23)n[nH]c1=O)c1cc(CCc2ccc(Cl)cc2)n[nH]1. The van der Waals surface area contributed by atoms with Gasteiger partial charge in [0.1, 0.15) is 5.69 Å². The predicted octanol–water partition coefficient (Wildman–Crippen LogP) is 4.69. The van der Waals surface area contributed by atoms with Crippen molar-refractivity contribution in [3.63, 3.8) is 0 Å². The van der Waals surface area contributed by atoms with E-state index in [0.29, 0.717) is 35.7 Å². The number of esters is 1. The second-order valence-corrected chi connectivity index (χ2v) is 8.76. The second kappa shape index (κ2) is 10.5. The number of H-pyrrole nitrogens is 2. The molecule has 2 N–H and O–H groups in total. The molecule has 178 valence electrons. The third kappa shape index (κ3) is 5.45. The van der Waals surface area contributed by atoms with E-state index in [1.165, 1.54) is 6.07 Å². The highest BCUT2D eigenvalue weighted by atomic mass is 35.5. The number of nitrogens with one attached hydrogen (secondary N) is 2. The van der Waals surface area contributed by atoms with Crippen LogP contribution < -0.4 is 10.3 Å². The molecule has 8 heteroatoms. The van der Waals surface area contributed by atoms with Gasteiger partial charge in [0.25, 0.3) is 0 Å². The Morgan fingerprint density at radius 1 is 0.917 bits per heavy atom. The van der Waals surface area contributed by atoms with Crippen LogP contribution in [-0.2, 0) is 25.7 Å². The fraction of sp³-hybridized carbons (Fsp3) is 0.143. The minimum Gasteiger partial charge on any atom is -0.416 e. The van der Waals surface area contributed by atoms with E-state index >= 15 is 0 Å². The molecule has 0 spiro atoms. The van der Waals surface area contributed by atoms with Crippen LogP contribution in [0.4, 0.5) is 0 Å². The van der Waals surface area contributed by atoms with Crippen LogP contribution in [0, 0.1) is 12.1 Å². The summed E-state index contributed by atoms with van der Waals surface area (Å²) in [6.45, 7) is 0. The molecule has 0 saturated carbocycles. The zero-order valence-corrected chi connectivity index (χ0v) is 19.9. The Morgan fingerprint density at radius 2 is 1.69 bits per heavy atom. The standard InChI is InChI=1S/C28H21ClN4O3/c29-21-12-8-18(9-13-21)10-14-22-16-25(32-30-22)28(35)36-26-17-23(31-33-27(26)34)15-11-20-6-3-5-19-4-1-2-7-24(19)20/h2-3,5-9,12-13,16-17H,10-11,14-15H2,(H,30,32)(H,33,34). The molecule has 36 heavy (non-hydrogen) atoms. The van der Waals surface area contributed by atoms with Gasteiger partial charge in [-0.3, -0.25) is 9.89 Å². The van der Waals surface area contributed by atoms with Crippen LogP contribution in [-0.4, -0.2) is 26.4 Å². The van der Waals surface area contributed by atoms with Crippen molar-refractivity contribution >= 4 is 28.3 Å². The van der Waals surface area contributed by atoms with Gasteiger partial charge in [0.15, 0.2) is 5.75 Å². The van der Waals surface area contributed by atoms with Crippen LogP contribution in [0.5, 0.6) is 5.75 Å². The third-order valence-electron chi connectivity index (χ3n) is 5.85. The molecule has 0 bridgehead atoms. The van der Waals surface area contributed by atoms with Gasteiger partial charge in [-0.15, -0.1) is 0 Å². The summed E-state index contributed by atoms with van der Waals surface area (Å²) in [6.07, 6.45) is 2.63. The van der Waals surface area contributed by atoms with Crippen LogP contribution in [0.15, 0.2) is 71.5 Å². The van der Waals surface area contributed by atoms with E-state index in [1.807, 2.05) is 54.6 Å². The first kappa shape index (κ1) is 23.3. The van der Waals surface area contributed by atoms with Crippen molar-refractivity contribution in [3.8, 4) is 5.75 Å². The number of carbonyl (C=O) groups is 1. The van der Waals surface area contributed by atoms with Crippen LogP contribution in [0.25, 0.3) is 10.8 Å².